The third-order valence-corrected chi connectivity index (χ3v) is 17.1. The van der Waals surface area contributed by atoms with Crippen molar-refractivity contribution >= 4 is 23.1 Å². The first-order chi connectivity index (χ1) is 22.1. The molecule has 0 saturated heterocycles. The fraction of sp³-hybridized carbons (Fsp3) is 0.810. The Morgan fingerprint density at radius 2 is 1.13 bits per heavy atom. The van der Waals surface area contributed by atoms with Crippen LogP contribution >= 0.6 is 0 Å². The van der Waals surface area contributed by atoms with Gasteiger partial charge in [0.25, 0.3) is 0 Å². The molecule has 8 rings (SSSR count). The Morgan fingerprint density at radius 1 is 0.617 bits per heavy atom. The molecule has 0 aromatic rings. The average molecular weight is 645 g/mol. The first-order valence-corrected chi connectivity index (χ1v) is 19.3. The largest absolute Gasteiger partial charge is 0.382 e. The van der Waals surface area contributed by atoms with Crippen LogP contribution in [0.3, 0.4) is 0 Å². The summed E-state index contributed by atoms with van der Waals surface area (Å²) >= 11 is 0. The second kappa shape index (κ2) is 11.3. The Kier molecular flexibility index (Phi) is 8.10. The zero-order chi connectivity index (χ0) is 33.7. The molecular weight excluding hydrogens is 584 g/mol. The lowest BCUT2D eigenvalue weighted by Crippen LogP contribution is -2.57. The van der Waals surface area contributed by atoms with Crippen LogP contribution in [0.4, 0.5) is 0 Å². The number of hydrogen-bond acceptors (Lipinski definition) is 5. The van der Waals surface area contributed by atoms with E-state index < -0.39 is 5.60 Å². The van der Waals surface area contributed by atoms with Crippen LogP contribution in [0.1, 0.15) is 144 Å². The normalized spacial score (nSPS) is 49.8. The zero-order valence-electron chi connectivity index (χ0n) is 30.1. The van der Waals surface area contributed by atoms with Crippen molar-refractivity contribution in [2.24, 2.45) is 63.1 Å². The highest BCUT2D eigenvalue weighted by atomic mass is 16.3. The average Bonchev–Trinajstić information content (AvgIpc) is 3.52. The number of carbonyl (C=O) groups is 4. The van der Waals surface area contributed by atoms with Gasteiger partial charge in [0.2, 0.25) is 0 Å². The first kappa shape index (κ1) is 33.6. The molecule has 0 radical (unpaired) electrons. The summed E-state index contributed by atoms with van der Waals surface area (Å²) in [6.07, 6.45) is 20.3. The van der Waals surface area contributed by atoms with Crippen LogP contribution in [0.5, 0.6) is 0 Å². The molecule has 0 bridgehead atoms. The highest BCUT2D eigenvalue weighted by molar-refractivity contribution is 5.92. The van der Waals surface area contributed by atoms with Crippen molar-refractivity contribution in [2.45, 2.75) is 150 Å². The second-order valence-electron chi connectivity index (χ2n) is 18.6. The number of hydrogen-bond donors (Lipinski definition) is 1. The summed E-state index contributed by atoms with van der Waals surface area (Å²) in [6, 6.07) is 0. The van der Waals surface area contributed by atoms with Gasteiger partial charge < -0.3 is 5.11 Å². The molecule has 12 atom stereocenters. The maximum atomic E-state index is 12.2. The number of aliphatic hydroxyl groups is 1. The Labute approximate surface area is 283 Å². The van der Waals surface area contributed by atoms with Crippen molar-refractivity contribution in [2.75, 3.05) is 0 Å². The minimum Gasteiger partial charge on any atom is -0.382 e. The van der Waals surface area contributed by atoms with E-state index in [0.29, 0.717) is 53.9 Å². The number of fused-ring (bicyclic) bond motifs is 10. The van der Waals surface area contributed by atoms with Gasteiger partial charge in [0.1, 0.15) is 11.4 Å². The van der Waals surface area contributed by atoms with E-state index in [1.54, 1.807) is 13.8 Å². The molecule has 0 aliphatic heterocycles. The molecule has 6 fully saturated rings. The first-order valence-electron chi connectivity index (χ1n) is 19.3. The molecule has 47 heavy (non-hydrogen) atoms. The maximum absolute atomic E-state index is 12.2. The van der Waals surface area contributed by atoms with Gasteiger partial charge in [-0.3, -0.25) is 19.2 Å². The quantitative estimate of drug-likeness (QED) is 0.325. The summed E-state index contributed by atoms with van der Waals surface area (Å²) in [6.45, 7) is 12.8. The molecule has 258 valence electrons. The molecule has 0 amide bonds. The van der Waals surface area contributed by atoms with E-state index >= 15 is 0 Å². The van der Waals surface area contributed by atoms with Crippen LogP contribution < -0.4 is 0 Å². The molecule has 1 N–H and O–H groups in total. The van der Waals surface area contributed by atoms with E-state index in [-0.39, 0.29) is 27.4 Å². The minimum absolute atomic E-state index is 0.0446. The van der Waals surface area contributed by atoms with Gasteiger partial charge in [-0.2, -0.15) is 0 Å². The van der Waals surface area contributed by atoms with Gasteiger partial charge in [-0.05, 0) is 168 Å². The predicted molar refractivity (Wildman–Crippen MR) is 183 cm³/mol. The van der Waals surface area contributed by atoms with Crippen LogP contribution in [0.25, 0.3) is 0 Å². The van der Waals surface area contributed by atoms with Gasteiger partial charge in [0.05, 0.1) is 0 Å². The van der Waals surface area contributed by atoms with E-state index in [9.17, 15) is 24.3 Å². The topological polar surface area (TPSA) is 88.5 Å². The molecule has 5 nitrogen and oxygen atoms in total. The Balaban J connectivity index is 0.000000150. The summed E-state index contributed by atoms with van der Waals surface area (Å²) < 4.78 is 0. The van der Waals surface area contributed by atoms with E-state index in [2.05, 4.69) is 27.7 Å². The van der Waals surface area contributed by atoms with Crippen molar-refractivity contribution in [1.29, 1.82) is 0 Å². The highest BCUT2D eigenvalue weighted by Crippen LogP contribution is 2.68. The van der Waals surface area contributed by atoms with Crippen LogP contribution in [-0.2, 0) is 19.2 Å². The van der Waals surface area contributed by atoms with Crippen molar-refractivity contribution in [3.8, 4) is 0 Å². The Bertz CT molecular complexity index is 1440. The van der Waals surface area contributed by atoms with Crippen molar-refractivity contribution < 1.29 is 24.3 Å². The van der Waals surface area contributed by atoms with Crippen LogP contribution in [0, 0.1) is 63.1 Å². The van der Waals surface area contributed by atoms with E-state index in [0.717, 1.165) is 82.0 Å². The smallest absolute Gasteiger partial charge is 0.161 e. The molecule has 0 heterocycles. The van der Waals surface area contributed by atoms with Crippen LogP contribution in [0.2, 0.25) is 0 Å². The Hall–Kier alpha value is -1.88. The predicted octanol–water partition coefficient (Wildman–Crippen LogP) is 8.56. The van der Waals surface area contributed by atoms with Gasteiger partial charge in [-0.25, -0.2) is 0 Å². The summed E-state index contributed by atoms with van der Waals surface area (Å²) in [4.78, 5) is 48.1. The summed E-state index contributed by atoms with van der Waals surface area (Å²) in [5, 5.41) is 11.1. The summed E-state index contributed by atoms with van der Waals surface area (Å²) in [5.41, 5.74) is 2.10. The van der Waals surface area contributed by atoms with Gasteiger partial charge in [0, 0.05) is 24.2 Å². The molecular formula is C42H60O5. The van der Waals surface area contributed by atoms with Crippen LogP contribution in [-0.4, -0.2) is 33.8 Å². The monoisotopic (exact) mass is 644 g/mol. The van der Waals surface area contributed by atoms with Crippen molar-refractivity contribution in [1.82, 2.24) is 0 Å². The standard InChI is InChI=1S/C21H30O3.C21H30O2/c1-13(22)21(24)11-8-18-16-5-4-14-12-15(23)6-9-19(14,2)17(16)7-10-20(18,21)3;1-13(22)17-6-7-18-16-5-4-14-12-15(23)8-10-20(14,2)19(16)9-11-21(17,18)3/h12,16-18,24H,4-11H2,1-3H3;12,16-19H,4-11H2,1-3H3/t16-,17+,18+,19+,20+,21+;16-,17+,18-,19-,20-,21+/m10/s1. The van der Waals surface area contributed by atoms with Crippen LogP contribution in [0.15, 0.2) is 23.3 Å². The Morgan fingerprint density at radius 3 is 1.66 bits per heavy atom. The molecule has 5 heteroatoms. The summed E-state index contributed by atoms with van der Waals surface area (Å²) in [5.74, 6) is 5.19. The molecule has 6 saturated carbocycles. The van der Waals surface area contributed by atoms with Gasteiger partial charge in [0.15, 0.2) is 17.3 Å². The lowest BCUT2D eigenvalue weighted by molar-refractivity contribution is -0.160. The van der Waals surface area contributed by atoms with Crippen molar-refractivity contribution in [3.05, 3.63) is 23.3 Å². The number of allylic oxidation sites excluding steroid dienone is 2. The maximum Gasteiger partial charge on any atom is 0.161 e. The molecule has 8 aliphatic carbocycles. The molecule has 0 spiro atoms. The zero-order valence-corrected chi connectivity index (χ0v) is 30.1. The van der Waals surface area contributed by atoms with E-state index in [4.69, 9.17) is 0 Å². The van der Waals surface area contributed by atoms with E-state index in [1.807, 2.05) is 12.2 Å². The third-order valence-electron chi connectivity index (χ3n) is 17.1. The molecule has 0 unspecified atom stereocenters. The number of rotatable bonds is 2. The van der Waals surface area contributed by atoms with Gasteiger partial charge >= 0.3 is 0 Å². The summed E-state index contributed by atoms with van der Waals surface area (Å²) in [7, 11) is 0. The second-order valence-corrected chi connectivity index (χ2v) is 18.6. The fourth-order valence-corrected chi connectivity index (χ4v) is 14.4. The van der Waals surface area contributed by atoms with E-state index in [1.165, 1.54) is 36.8 Å². The van der Waals surface area contributed by atoms with Gasteiger partial charge in [-0.1, -0.05) is 38.8 Å². The molecule has 8 aliphatic rings. The number of Topliss-reactive ketones (excluding diaryl/α,β-unsaturated/α-hetero) is 2. The third kappa shape index (κ3) is 4.77. The van der Waals surface area contributed by atoms with Crippen molar-refractivity contribution in [3.63, 3.8) is 0 Å². The number of ketones is 4. The fourth-order valence-electron chi connectivity index (χ4n) is 14.4. The molecule has 0 aromatic carbocycles. The highest BCUT2D eigenvalue weighted by Gasteiger charge is 2.65. The number of carbonyl (C=O) groups excluding carboxylic acids is 4. The lowest BCUT2D eigenvalue weighted by atomic mass is 9.46. The molecule has 0 aromatic heterocycles. The SMILES string of the molecule is CC(=O)[C@@]1(O)CC[C@H]2[C@@H]3CCC4=CC(=O)CC[C@]4(C)[C@H]3CC[C@@]21C.CC(=O)[C@H]1CC[C@H]2[C@@H]3CCC4=CC(=O)CC[C@]4(C)[C@H]3CC[C@]12C. The lowest BCUT2D eigenvalue weighted by Gasteiger charge is -2.58. The minimum atomic E-state index is -1.12. The van der Waals surface area contributed by atoms with Gasteiger partial charge in [-0.15, -0.1) is 0 Å².